The van der Waals surface area contributed by atoms with Gasteiger partial charge < -0.3 is 15.5 Å². The van der Waals surface area contributed by atoms with Gasteiger partial charge in [-0.05, 0) is 31.0 Å². The average molecular weight is 349 g/mol. The number of benzene rings is 2. The van der Waals surface area contributed by atoms with Gasteiger partial charge in [-0.15, -0.1) is 0 Å². The summed E-state index contributed by atoms with van der Waals surface area (Å²) < 4.78 is 0. The Bertz CT molecular complexity index is 893. The molecule has 2 aromatic carbocycles. The molecule has 2 N–H and O–H groups in total. The second-order valence-electron chi connectivity index (χ2n) is 7.01. The van der Waals surface area contributed by atoms with Crippen LogP contribution in [0, 0.1) is 6.92 Å². The van der Waals surface area contributed by atoms with Gasteiger partial charge in [0.15, 0.2) is 0 Å². The van der Waals surface area contributed by atoms with Gasteiger partial charge in [-0.25, -0.2) is 0 Å². The van der Waals surface area contributed by atoms with Crippen LogP contribution in [0.3, 0.4) is 0 Å². The maximum atomic E-state index is 13.4. The van der Waals surface area contributed by atoms with Crippen LogP contribution in [0.1, 0.15) is 47.7 Å². The van der Waals surface area contributed by atoms with E-state index in [2.05, 4.69) is 17.6 Å². The molecule has 2 aliphatic heterocycles. The fraction of sp³-hybridized carbons (Fsp3) is 0.333. The summed E-state index contributed by atoms with van der Waals surface area (Å²) in [5.41, 5.74) is 2.72. The second-order valence-corrected chi connectivity index (χ2v) is 7.01. The molecule has 5 nitrogen and oxygen atoms in total. The normalized spacial score (nSPS) is 20.6. The molecule has 0 fully saturated rings. The Morgan fingerprint density at radius 2 is 1.81 bits per heavy atom. The molecule has 0 aliphatic carbocycles. The van der Waals surface area contributed by atoms with Crippen LogP contribution in [-0.4, -0.2) is 18.4 Å². The Labute approximate surface area is 153 Å². The molecule has 5 heteroatoms. The number of hydrogen-bond donors (Lipinski definition) is 2. The van der Waals surface area contributed by atoms with Gasteiger partial charge in [0.2, 0.25) is 5.66 Å². The molecule has 2 aliphatic rings. The number of rotatable bonds is 4. The number of fused-ring (bicyclic) bond motifs is 3. The summed E-state index contributed by atoms with van der Waals surface area (Å²) >= 11 is 0. The zero-order valence-corrected chi connectivity index (χ0v) is 15.1. The molecule has 0 aromatic heterocycles. The fourth-order valence-electron chi connectivity index (χ4n) is 3.92. The van der Waals surface area contributed by atoms with Crippen molar-refractivity contribution in [1.29, 1.82) is 0 Å². The highest BCUT2D eigenvalue weighted by Gasteiger charge is 2.54. The summed E-state index contributed by atoms with van der Waals surface area (Å²) in [6, 6.07) is 13.3. The minimum Gasteiger partial charge on any atom is -0.350 e. The van der Waals surface area contributed by atoms with Crippen molar-refractivity contribution in [2.45, 2.75) is 38.8 Å². The van der Waals surface area contributed by atoms with E-state index >= 15 is 0 Å². The highest BCUT2D eigenvalue weighted by Crippen LogP contribution is 2.44. The lowest BCUT2D eigenvalue weighted by atomic mass is 9.94. The molecule has 0 saturated heterocycles. The monoisotopic (exact) mass is 349 g/mol. The first-order valence-corrected chi connectivity index (χ1v) is 9.20. The first-order chi connectivity index (χ1) is 12.6. The summed E-state index contributed by atoms with van der Waals surface area (Å²) in [5.74, 6) is -0.335. The summed E-state index contributed by atoms with van der Waals surface area (Å²) in [7, 11) is 0. The van der Waals surface area contributed by atoms with Crippen LogP contribution in [0.2, 0.25) is 0 Å². The quantitative estimate of drug-likeness (QED) is 0.830. The van der Waals surface area contributed by atoms with E-state index in [1.54, 1.807) is 6.07 Å². The smallest absolute Gasteiger partial charge is 0.278 e. The lowest BCUT2D eigenvalue weighted by Crippen LogP contribution is -2.60. The van der Waals surface area contributed by atoms with Crippen LogP contribution >= 0.6 is 0 Å². The largest absolute Gasteiger partial charge is 0.350 e. The van der Waals surface area contributed by atoms with Crippen molar-refractivity contribution in [3.05, 3.63) is 59.2 Å². The molecular formula is C21H23N3O2. The van der Waals surface area contributed by atoms with Crippen molar-refractivity contribution in [3.63, 3.8) is 0 Å². The van der Waals surface area contributed by atoms with Gasteiger partial charge in [-0.1, -0.05) is 50.1 Å². The van der Waals surface area contributed by atoms with Gasteiger partial charge >= 0.3 is 0 Å². The van der Waals surface area contributed by atoms with Crippen LogP contribution in [-0.2, 0) is 10.5 Å². The standard InChI is InChI=1S/C21H23N3O2/c1-3-4-7-13-24-17-12-6-5-11-16(17)21(20(24)26)22-18-14(2)9-8-10-15(18)19(25)23-21/h5-6,8-12,22H,3-4,7,13H2,1-2H3,(H,23,25). The van der Waals surface area contributed by atoms with E-state index in [4.69, 9.17) is 0 Å². The highest BCUT2D eigenvalue weighted by atomic mass is 16.2. The summed E-state index contributed by atoms with van der Waals surface area (Å²) in [6.45, 7) is 4.75. The number of anilines is 2. The van der Waals surface area contributed by atoms with Crippen LogP contribution in [0.5, 0.6) is 0 Å². The summed E-state index contributed by atoms with van der Waals surface area (Å²) in [6.07, 6.45) is 3.10. The van der Waals surface area contributed by atoms with Crippen molar-refractivity contribution in [2.75, 3.05) is 16.8 Å². The Morgan fingerprint density at radius 3 is 2.62 bits per heavy atom. The van der Waals surface area contributed by atoms with Crippen molar-refractivity contribution >= 4 is 23.2 Å². The molecule has 2 heterocycles. The van der Waals surface area contributed by atoms with Gasteiger partial charge in [-0.3, -0.25) is 9.59 Å². The topological polar surface area (TPSA) is 61.4 Å². The van der Waals surface area contributed by atoms with Crippen molar-refractivity contribution in [1.82, 2.24) is 5.32 Å². The number of para-hydroxylation sites is 2. The predicted octanol–water partition coefficient (Wildman–Crippen LogP) is 3.54. The number of aryl methyl sites for hydroxylation is 1. The number of nitrogens with one attached hydrogen (secondary N) is 2. The van der Waals surface area contributed by atoms with Crippen LogP contribution in [0.25, 0.3) is 0 Å². The molecule has 134 valence electrons. The average Bonchev–Trinajstić information content (AvgIpc) is 2.86. The third-order valence-corrected chi connectivity index (χ3v) is 5.28. The number of carbonyl (C=O) groups excluding carboxylic acids is 2. The van der Waals surface area contributed by atoms with E-state index in [1.807, 2.05) is 48.2 Å². The molecule has 4 rings (SSSR count). The third-order valence-electron chi connectivity index (χ3n) is 5.28. The Kier molecular flexibility index (Phi) is 3.94. The van der Waals surface area contributed by atoms with Gasteiger partial charge in [0.25, 0.3) is 11.8 Å². The number of hydrogen-bond acceptors (Lipinski definition) is 3. The van der Waals surface area contributed by atoms with Crippen LogP contribution in [0.4, 0.5) is 11.4 Å². The lowest BCUT2D eigenvalue weighted by Gasteiger charge is -2.37. The lowest BCUT2D eigenvalue weighted by molar-refractivity contribution is -0.123. The van der Waals surface area contributed by atoms with Crippen LogP contribution < -0.4 is 15.5 Å². The second kappa shape index (κ2) is 6.16. The van der Waals surface area contributed by atoms with E-state index in [0.717, 1.165) is 41.8 Å². The Morgan fingerprint density at radius 1 is 1.00 bits per heavy atom. The minimum absolute atomic E-state index is 0.114. The molecule has 0 saturated carbocycles. The Hall–Kier alpha value is -2.82. The van der Waals surface area contributed by atoms with E-state index in [1.165, 1.54) is 0 Å². The molecule has 26 heavy (non-hydrogen) atoms. The Balaban J connectivity index is 1.80. The van der Waals surface area contributed by atoms with Crippen molar-refractivity contribution in [3.8, 4) is 0 Å². The number of nitrogens with zero attached hydrogens (tertiary/aromatic N) is 1. The van der Waals surface area contributed by atoms with Crippen LogP contribution in [0.15, 0.2) is 42.5 Å². The SMILES string of the molecule is CCCCCN1C(=O)C2(NC(=O)c3cccc(C)c3N2)c2ccccc21. The first kappa shape index (κ1) is 16.6. The minimum atomic E-state index is -1.22. The van der Waals surface area contributed by atoms with Gasteiger partial charge in [0.05, 0.1) is 16.9 Å². The number of unbranched alkanes of at least 4 members (excludes halogenated alkanes) is 2. The number of carbonyl (C=O) groups is 2. The van der Waals surface area contributed by atoms with Gasteiger partial charge in [0, 0.05) is 12.1 Å². The molecular weight excluding hydrogens is 326 g/mol. The predicted molar refractivity (Wildman–Crippen MR) is 102 cm³/mol. The molecule has 0 bridgehead atoms. The van der Waals surface area contributed by atoms with Crippen molar-refractivity contribution < 1.29 is 9.59 Å². The molecule has 2 amide bonds. The van der Waals surface area contributed by atoms with Gasteiger partial charge in [-0.2, -0.15) is 0 Å². The third kappa shape index (κ3) is 2.30. The zero-order valence-electron chi connectivity index (χ0n) is 15.1. The molecule has 1 unspecified atom stereocenters. The molecule has 1 spiro atoms. The zero-order chi connectivity index (χ0) is 18.3. The fourth-order valence-corrected chi connectivity index (χ4v) is 3.92. The maximum absolute atomic E-state index is 13.4. The highest BCUT2D eigenvalue weighted by molar-refractivity contribution is 6.15. The summed E-state index contributed by atoms with van der Waals surface area (Å²) in [4.78, 5) is 28.1. The van der Waals surface area contributed by atoms with Gasteiger partial charge in [0.1, 0.15) is 0 Å². The van der Waals surface area contributed by atoms with E-state index in [-0.39, 0.29) is 11.8 Å². The van der Waals surface area contributed by atoms with E-state index in [9.17, 15) is 9.59 Å². The molecule has 1 atom stereocenters. The maximum Gasteiger partial charge on any atom is 0.278 e. The first-order valence-electron chi connectivity index (χ1n) is 9.20. The molecule has 2 aromatic rings. The van der Waals surface area contributed by atoms with Crippen molar-refractivity contribution in [2.24, 2.45) is 0 Å². The molecule has 0 radical (unpaired) electrons. The van der Waals surface area contributed by atoms with E-state index < -0.39 is 5.66 Å². The number of amides is 2. The summed E-state index contributed by atoms with van der Waals surface area (Å²) in [5, 5.41) is 6.33. The van der Waals surface area contributed by atoms with E-state index in [0.29, 0.717) is 12.1 Å².